The summed E-state index contributed by atoms with van der Waals surface area (Å²) in [6, 6.07) is 2.81. The van der Waals surface area contributed by atoms with Gasteiger partial charge in [0.15, 0.2) is 0 Å². The summed E-state index contributed by atoms with van der Waals surface area (Å²) in [6.45, 7) is 1.34. The summed E-state index contributed by atoms with van der Waals surface area (Å²) in [5.74, 6) is 0. The second kappa shape index (κ2) is 4.13. The first-order valence-electron chi connectivity index (χ1n) is 6.23. The number of nitrogens with one attached hydrogen (secondary N) is 1. The molecule has 88 valence electrons. The van der Waals surface area contributed by atoms with Crippen LogP contribution in [-0.2, 0) is 6.42 Å². The number of aliphatic hydroxyl groups excluding tert-OH is 1. The maximum absolute atomic E-state index is 9.30. The highest BCUT2D eigenvalue weighted by Gasteiger charge is 2.42. The zero-order valence-corrected chi connectivity index (χ0v) is 10.4. The van der Waals surface area contributed by atoms with Crippen LogP contribution in [0, 0.1) is 5.41 Å². The maximum Gasteiger partial charge on any atom is 0.0499 e. The standard InChI is InChI=1S/C13H19NOS/c15-9-13(5-6-13)8-14-11-2-1-3-12-10(11)4-7-16-12/h4,7,11,14-15H,1-3,5-6,8-9H2. The summed E-state index contributed by atoms with van der Waals surface area (Å²) in [4.78, 5) is 1.57. The molecule has 0 bridgehead atoms. The van der Waals surface area contributed by atoms with Crippen molar-refractivity contribution in [2.24, 2.45) is 5.41 Å². The van der Waals surface area contributed by atoms with Crippen molar-refractivity contribution in [3.05, 3.63) is 21.9 Å². The Kier molecular flexibility index (Phi) is 2.78. The molecule has 16 heavy (non-hydrogen) atoms. The Balaban J connectivity index is 1.64. The lowest BCUT2D eigenvalue weighted by molar-refractivity contribution is 0.202. The molecular formula is C13H19NOS. The van der Waals surface area contributed by atoms with Gasteiger partial charge in [0.2, 0.25) is 0 Å². The van der Waals surface area contributed by atoms with Gasteiger partial charge in [-0.05, 0) is 49.1 Å². The molecule has 0 aromatic carbocycles. The van der Waals surface area contributed by atoms with Gasteiger partial charge in [-0.2, -0.15) is 0 Å². The van der Waals surface area contributed by atoms with Crippen molar-refractivity contribution in [1.82, 2.24) is 5.32 Å². The Hall–Kier alpha value is -0.380. The molecule has 1 saturated carbocycles. The van der Waals surface area contributed by atoms with Crippen LogP contribution < -0.4 is 5.32 Å². The normalized spacial score (nSPS) is 26.4. The van der Waals surface area contributed by atoms with E-state index in [1.54, 1.807) is 4.88 Å². The Labute approximate surface area is 101 Å². The van der Waals surface area contributed by atoms with Gasteiger partial charge in [-0.25, -0.2) is 0 Å². The van der Waals surface area contributed by atoms with Gasteiger partial charge in [0.25, 0.3) is 0 Å². The predicted octanol–water partition coefficient (Wildman–Crippen LogP) is 2.49. The highest BCUT2D eigenvalue weighted by molar-refractivity contribution is 7.10. The highest BCUT2D eigenvalue weighted by atomic mass is 32.1. The quantitative estimate of drug-likeness (QED) is 0.843. The van der Waals surface area contributed by atoms with E-state index < -0.39 is 0 Å². The van der Waals surface area contributed by atoms with E-state index in [2.05, 4.69) is 16.8 Å². The molecule has 0 amide bonds. The van der Waals surface area contributed by atoms with Crippen molar-refractivity contribution >= 4 is 11.3 Å². The molecule has 1 aromatic rings. The molecule has 1 unspecified atom stereocenters. The van der Waals surface area contributed by atoms with E-state index >= 15 is 0 Å². The van der Waals surface area contributed by atoms with Gasteiger partial charge in [0, 0.05) is 29.5 Å². The van der Waals surface area contributed by atoms with Crippen LogP contribution in [0.2, 0.25) is 0 Å². The summed E-state index contributed by atoms with van der Waals surface area (Å²) in [5, 5.41) is 15.2. The highest BCUT2D eigenvalue weighted by Crippen LogP contribution is 2.45. The van der Waals surface area contributed by atoms with Crippen molar-refractivity contribution < 1.29 is 5.11 Å². The van der Waals surface area contributed by atoms with Gasteiger partial charge in [0.1, 0.15) is 0 Å². The first kappa shape index (κ1) is 10.8. The average Bonchev–Trinajstić information content (AvgIpc) is 2.94. The van der Waals surface area contributed by atoms with E-state index in [1.807, 2.05) is 11.3 Å². The second-order valence-corrected chi connectivity index (χ2v) is 6.28. The summed E-state index contributed by atoms with van der Waals surface area (Å²) >= 11 is 1.89. The lowest BCUT2D eigenvalue weighted by Crippen LogP contribution is -2.31. The number of hydrogen-bond donors (Lipinski definition) is 2. The predicted molar refractivity (Wildman–Crippen MR) is 66.8 cm³/mol. The third-order valence-electron chi connectivity index (χ3n) is 4.07. The van der Waals surface area contributed by atoms with Crippen LogP contribution in [0.3, 0.4) is 0 Å². The lowest BCUT2D eigenvalue weighted by Gasteiger charge is -2.25. The van der Waals surface area contributed by atoms with Gasteiger partial charge in [0.05, 0.1) is 0 Å². The molecule has 0 radical (unpaired) electrons. The molecule has 3 heteroatoms. The van der Waals surface area contributed by atoms with E-state index in [-0.39, 0.29) is 5.41 Å². The fourth-order valence-electron chi connectivity index (χ4n) is 2.61. The molecule has 2 nitrogen and oxygen atoms in total. The van der Waals surface area contributed by atoms with Gasteiger partial charge >= 0.3 is 0 Å². The third-order valence-corrected chi connectivity index (χ3v) is 5.06. The molecule has 2 aliphatic carbocycles. The Morgan fingerprint density at radius 3 is 3.12 bits per heavy atom. The monoisotopic (exact) mass is 237 g/mol. The average molecular weight is 237 g/mol. The lowest BCUT2D eigenvalue weighted by atomic mass is 9.93. The molecule has 0 aliphatic heterocycles. The molecule has 1 atom stereocenters. The van der Waals surface area contributed by atoms with Crippen molar-refractivity contribution in [2.45, 2.75) is 38.1 Å². The number of aryl methyl sites for hydroxylation is 1. The number of rotatable bonds is 4. The second-order valence-electron chi connectivity index (χ2n) is 5.28. The fraction of sp³-hybridized carbons (Fsp3) is 0.692. The molecule has 0 spiro atoms. The van der Waals surface area contributed by atoms with Crippen molar-refractivity contribution in [3.8, 4) is 0 Å². The largest absolute Gasteiger partial charge is 0.396 e. The van der Waals surface area contributed by atoms with Crippen LogP contribution in [0.1, 0.15) is 42.2 Å². The first-order valence-corrected chi connectivity index (χ1v) is 7.11. The minimum Gasteiger partial charge on any atom is -0.396 e. The fourth-order valence-corrected chi connectivity index (χ4v) is 3.59. The van der Waals surface area contributed by atoms with Gasteiger partial charge < -0.3 is 10.4 Å². The maximum atomic E-state index is 9.30. The van der Waals surface area contributed by atoms with E-state index in [4.69, 9.17) is 0 Å². The molecule has 1 heterocycles. The molecule has 1 aromatic heterocycles. The Morgan fingerprint density at radius 1 is 1.50 bits per heavy atom. The summed E-state index contributed by atoms with van der Waals surface area (Å²) in [5.41, 5.74) is 1.75. The Morgan fingerprint density at radius 2 is 2.38 bits per heavy atom. The summed E-state index contributed by atoms with van der Waals surface area (Å²) in [6.07, 6.45) is 6.21. The molecule has 0 saturated heterocycles. The molecule has 2 N–H and O–H groups in total. The van der Waals surface area contributed by atoms with Crippen LogP contribution >= 0.6 is 11.3 Å². The molecular weight excluding hydrogens is 218 g/mol. The number of fused-ring (bicyclic) bond motifs is 1. The van der Waals surface area contributed by atoms with Crippen LogP contribution in [-0.4, -0.2) is 18.3 Å². The van der Waals surface area contributed by atoms with E-state index in [0.717, 1.165) is 6.54 Å². The van der Waals surface area contributed by atoms with Gasteiger partial charge in [-0.1, -0.05) is 0 Å². The van der Waals surface area contributed by atoms with Crippen molar-refractivity contribution in [2.75, 3.05) is 13.2 Å². The van der Waals surface area contributed by atoms with Crippen molar-refractivity contribution in [1.29, 1.82) is 0 Å². The van der Waals surface area contributed by atoms with E-state index in [0.29, 0.717) is 12.6 Å². The minimum absolute atomic E-state index is 0.230. The van der Waals surface area contributed by atoms with Gasteiger partial charge in [-0.3, -0.25) is 0 Å². The Bertz CT molecular complexity index is 370. The minimum atomic E-state index is 0.230. The third kappa shape index (κ3) is 1.92. The SMILES string of the molecule is OCC1(CNC2CCCc3sccc32)CC1. The van der Waals surface area contributed by atoms with Crippen molar-refractivity contribution in [3.63, 3.8) is 0 Å². The topological polar surface area (TPSA) is 32.3 Å². The number of aliphatic hydroxyl groups is 1. The van der Waals surface area contributed by atoms with Crippen LogP contribution in [0.15, 0.2) is 11.4 Å². The van der Waals surface area contributed by atoms with Crippen LogP contribution in [0.5, 0.6) is 0 Å². The number of hydrogen-bond acceptors (Lipinski definition) is 3. The van der Waals surface area contributed by atoms with E-state index in [1.165, 1.54) is 37.7 Å². The van der Waals surface area contributed by atoms with Crippen LogP contribution in [0.4, 0.5) is 0 Å². The molecule has 3 rings (SSSR count). The molecule has 1 fully saturated rings. The first-order chi connectivity index (χ1) is 7.83. The number of thiophene rings is 1. The van der Waals surface area contributed by atoms with E-state index in [9.17, 15) is 5.11 Å². The smallest absolute Gasteiger partial charge is 0.0499 e. The molecule has 2 aliphatic rings. The zero-order valence-electron chi connectivity index (χ0n) is 9.54. The van der Waals surface area contributed by atoms with Gasteiger partial charge in [-0.15, -0.1) is 11.3 Å². The summed E-state index contributed by atoms with van der Waals surface area (Å²) in [7, 11) is 0. The zero-order chi connectivity index (χ0) is 11.0. The summed E-state index contributed by atoms with van der Waals surface area (Å²) < 4.78 is 0. The van der Waals surface area contributed by atoms with Crippen LogP contribution in [0.25, 0.3) is 0 Å².